The summed E-state index contributed by atoms with van der Waals surface area (Å²) in [6.07, 6.45) is 7.83. The quantitative estimate of drug-likeness (QED) is 0.886. The average molecular weight is 247 g/mol. The zero-order valence-corrected chi connectivity index (χ0v) is 11.8. The van der Waals surface area contributed by atoms with Gasteiger partial charge in [-0.2, -0.15) is 0 Å². The molecule has 1 N–H and O–H groups in total. The standard InChI is InChI=1S/C15H25N3/c1-12(2)17-11-14-6-4-5-9-18(14)15-7-8-16-10-13(15)3/h7-8,10,12,14,17H,4-6,9,11H2,1-3H3. The Hall–Kier alpha value is -1.09. The van der Waals surface area contributed by atoms with E-state index in [0.717, 1.165) is 6.54 Å². The molecule has 1 aliphatic rings. The third-order valence-electron chi connectivity index (χ3n) is 3.69. The van der Waals surface area contributed by atoms with Gasteiger partial charge in [0.05, 0.1) is 0 Å². The summed E-state index contributed by atoms with van der Waals surface area (Å²) in [7, 11) is 0. The summed E-state index contributed by atoms with van der Waals surface area (Å²) in [4.78, 5) is 6.76. The summed E-state index contributed by atoms with van der Waals surface area (Å²) in [6, 6.07) is 3.35. The van der Waals surface area contributed by atoms with Gasteiger partial charge >= 0.3 is 0 Å². The third-order valence-corrected chi connectivity index (χ3v) is 3.69. The highest BCUT2D eigenvalue weighted by molar-refractivity contribution is 5.52. The van der Waals surface area contributed by atoms with E-state index in [-0.39, 0.29) is 0 Å². The van der Waals surface area contributed by atoms with Gasteiger partial charge in [0.15, 0.2) is 0 Å². The van der Waals surface area contributed by atoms with Gasteiger partial charge in [-0.3, -0.25) is 4.98 Å². The van der Waals surface area contributed by atoms with E-state index < -0.39 is 0 Å². The van der Waals surface area contributed by atoms with Crippen molar-refractivity contribution in [2.45, 2.75) is 52.1 Å². The van der Waals surface area contributed by atoms with Crippen molar-refractivity contribution in [3.63, 3.8) is 0 Å². The van der Waals surface area contributed by atoms with Gasteiger partial charge in [-0.15, -0.1) is 0 Å². The Morgan fingerprint density at radius 1 is 1.44 bits per heavy atom. The predicted octanol–water partition coefficient (Wildman–Crippen LogP) is 2.75. The molecule has 100 valence electrons. The highest BCUT2D eigenvalue weighted by atomic mass is 15.2. The molecule has 0 aliphatic carbocycles. The number of hydrogen-bond donors (Lipinski definition) is 1. The summed E-state index contributed by atoms with van der Waals surface area (Å²) in [5.41, 5.74) is 2.65. The fourth-order valence-electron chi connectivity index (χ4n) is 2.69. The Kier molecular flexibility index (Phi) is 4.59. The molecule has 0 saturated carbocycles. The summed E-state index contributed by atoms with van der Waals surface area (Å²) >= 11 is 0. The van der Waals surface area contributed by atoms with Crippen molar-refractivity contribution in [3.05, 3.63) is 24.0 Å². The van der Waals surface area contributed by atoms with Crippen LogP contribution in [-0.4, -0.2) is 30.2 Å². The van der Waals surface area contributed by atoms with Crippen LogP contribution < -0.4 is 10.2 Å². The molecule has 0 radical (unpaired) electrons. The van der Waals surface area contributed by atoms with E-state index in [2.05, 4.69) is 42.0 Å². The first kappa shape index (κ1) is 13.3. The van der Waals surface area contributed by atoms with Gasteiger partial charge in [-0.1, -0.05) is 13.8 Å². The molecular weight excluding hydrogens is 222 g/mol. The van der Waals surface area contributed by atoms with Crippen LogP contribution in [0, 0.1) is 6.92 Å². The molecule has 2 rings (SSSR count). The predicted molar refractivity (Wildman–Crippen MR) is 77.1 cm³/mol. The number of pyridine rings is 1. The fourth-order valence-corrected chi connectivity index (χ4v) is 2.69. The molecule has 0 bridgehead atoms. The van der Waals surface area contributed by atoms with Crippen LogP contribution in [0.25, 0.3) is 0 Å². The molecule has 1 aromatic rings. The minimum Gasteiger partial charge on any atom is -0.367 e. The van der Waals surface area contributed by atoms with Crippen LogP contribution in [-0.2, 0) is 0 Å². The van der Waals surface area contributed by atoms with E-state index in [1.54, 1.807) is 0 Å². The number of rotatable bonds is 4. The van der Waals surface area contributed by atoms with Gasteiger partial charge in [0, 0.05) is 43.3 Å². The molecule has 0 aromatic carbocycles. The number of aryl methyl sites for hydroxylation is 1. The Labute approximate surface area is 111 Å². The van der Waals surface area contributed by atoms with Crippen LogP contribution in [0.4, 0.5) is 5.69 Å². The van der Waals surface area contributed by atoms with E-state index in [1.165, 1.54) is 37.1 Å². The first-order chi connectivity index (χ1) is 8.68. The maximum Gasteiger partial charge on any atom is 0.0429 e. The molecule has 0 amide bonds. The molecule has 1 saturated heterocycles. The number of nitrogens with one attached hydrogen (secondary N) is 1. The molecule has 1 aliphatic heterocycles. The first-order valence-electron chi connectivity index (χ1n) is 7.09. The summed E-state index contributed by atoms with van der Waals surface area (Å²) < 4.78 is 0. The van der Waals surface area contributed by atoms with Crippen molar-refractivity contribution in [2.75, 3.05) is 18.0 Å². The Morgan fingerprint density at radius 2 is 2.28 bits per heavy atom. The second kappa shape index (κ2) is 6.19. The lowest BCUT2D eigenvalue weighted by Gasteiger charge is -2.39. The molecule has 1 aromatic heterocycles. The topological polar surface area (TPSA) is 28.2 Å². The van der Waals surface area contributed by atoms with Crippen LogP contribution in [0.15, 0.2) is 18.5 Å². The van der Waals surface area contributed by atoms with Crippen LogP contribution in [0.2, 0.25) is 0 Å². The highest BCUT2D eigenvalue weighted by Crippen LogP contribution is 2.26. The average Bonchev–Trinajstić information content (AvgIpc) is 2.37. The number of aromatic nitrogens is 1. The molecule has 1 fully saturated rings. The molecule has 18 heavy (non-hydrogen) atoms. The smallest absolute Gasteiger partial charge is 0.0429 e. The number of piperidine rings is 1. The van der Waals surface area contributed by atoms with Gasteiger partial charge < -0.3 is 10.2 Å². The number of hydrogen-bond acceptors (Lipinski definition) is 3. The lowest BCUT2D eigenvalue weighted by atomic mass is 10.00. The Balaban J connectivity index is 2.10. The second-order valence-corrected chi connectivity index (χ2v) is 5.57. The largest absolute Gasteiger partial charge is 0.367 e. The lowest BCUT2D eigenvalue weighted by molar-refractivity contribution is 0.421. The normalized spacial score (nSPS) is 20.4. The Bertz CT molecular complexity index is 376. The van der Waals surface area contributed by atoms with Crippen LogP contribution >= 0.6 is 0 Å². The van der Waals surface area contributed by atoms with Crippen molar-refractivity contribution in [1.82, 2.24) is 10.3 Å². The van der Waals surface area contributed by atoms with Crippen molar-refractivity contribution in [2.24, 2.45) is 0 Å². The molecule has 2 heterocycles. The van der Waals surface area contributed by atoms with Gasteiger partial charge in [-0.05, 0) is 37.8 Å². The number of anilines is 1. The summed E-state index contributed by atoms with van der Waals surface area (Å²) in [5, 5.41) is 3.58. The summed E-state index contributed by atoms with van der Waals surface area (Å²) in [6.45, 7) is 8.84. The molecule has 3 heteroatoms. The van der Waals surface area contributed by atoms with Gasteiger partial charge in [0.1, 0.15) is 0 Å². The summed E-state index contributed by atoms with van der Waals surface area (Å²) in [5.74, 6) is 0. The molecule has 0 spiro atoms. The van der Waals surface area contributed by atoms with E-state index in [9.17, 15) is 0 Å². The lowest BCUT2D eigenvalue weighted by Crippen LogP contribution is -2.47. The monoisotopic (exact) mass is 247 g/mol. The van der Waals surface area contributed by atoms with Crippen molar-refractivity contribution >= 4 is 5.69 Å². The molecule has 3 nitrogen and oxygen atoms in total. The minimum absolute atomic E-state index is 0.562. The van der Waals surface area contributed by atoms with Crippen molar-refractivity contribution in [3.8, 4) is 0 Å². The zero-order chi connectivity index (χ0) is 13.0. The van der Waals surface area contributed by atoms with Crippen LogP contribution in [0.1, 0.15) is 38.7 Å². The number of nitrogens with zero attached hydrogens (tertiary/aromatic N) is 2. The maximum absolute atomic E-state index is 4.20. The van der Waals surface area contributed by atoms with E-state index in [4.69, 9.17) is 0 Å². The van der Waals surface area contributed by atoms with Crippen LogP contribution in [0.3, 0.4) is 0 Å². The minimum atomic E-state index is 0.562. The highest BCUT2D eigenvalue weighted by Gasteiger charge is 2.23. The third kappa shape index (κ3) is 3.22. The molecular formula is C15H25N3. The first-order valence-corrected chi connectivity index (χ1v) is 7.09. The van der Waals surface area contributed by atoms with Crippen molar-refractivity contribution < 1.29 is 0 Å². The zero-order valence-electron chi connectivity index (χ0n) is 11.8. The second-order valence-electron chi connectivity index (χ2n) is 5.57. The van der Waals surface area contributed by atoms with Gasteiger partial charge in [0.2, 0.25) is 0 Å². The van der Waals surface area contributed by atoms with Crippen LogP contribution in [0.5, 0.6) is 0 Å². The fraction of sp³-hybridized carbons (Fsp3) is 0.667. The van der Waals surface area contributed by atoms with E-state index in [0.29, 0.717) is 12.1 Å². The van der Waals surface area contributed by atoms with Crippen molar-refractivity contribution in [1.29, 1.82) is 0 Å². The SMILES string of the molecule is Cc1cnccc1N1CCCCC1CNC(C)C. The Morgan fingerprint density at radius 3 is 3.00 bits per heavy atom. The van der Waals surface area contributed by atoms with Gasteiger partial charge in [-0.25, -0.2) is 0 Å². The van der Waals surface area contributed by atoms with E-state index >= 15 is 0 Å². The van der Waals surface area contributed by atoms with Gasteiger partial charge in [0.25, 0.3) is 0 Å². The molecule has 1 unspecified atom stereocenters. The molecule has 1 atom stereocenters. The maximum atomic E-state index is 4.20. The van der Waals surface area contributed by atoms with E-state index in [1.807, 2.05) is 12.4 Å².